The van der Waals surface area contributed by atoms with Crippen molar-refractivity contribution in [2.45, 2.75) is 30.6 Å². The third-order valence-electron chi connectivity index (χ3n) is 5.18. The van der Waals surface area contributed by atoms with Gasteiger partial charge in [0.15, 0.2) is 0 Å². The summed E-state index contributed by atoms with van der Waals surface area (Å²) in [5, 5.41) is 12.6. The molecule has 12 heteroatoms. The van der Waals surface area contributed by atoms with E-state index in [0.717, 1.165) is 24.3 Å². The van der Waals surface area contributed by atoms with Gasteiger partial charge in [-0.05, 0) is 43.2 Å². The number of aromatic nitrogens is 1. The van der Waals surface area contributed by atoms with E-state index < -0.39 is 11.7 Å². The molecule has 0 spiro atoms. The zero-order valence-corrected chi connectivity index (χ0v) is 18.4. The number of nitrogens with one attached hydrogen (secondary N) is 3. The number of hydrazine groups is 1. The van der Waals surface area contributed by atoms with Gasteiger partial charge in [-0.15, -0.1) is 21.2 Å². The second kappa shape index (κ2) is 10.1. The zero-order valence-electron chi connectivity index (χ0n) is 16.9. The Hall–Kier alpha value is -2.24. The van der Waals surface area contributed by atoms with E-state index in [2.05, 4.69) is 25.9 Å². The third-order valence-corrected chi connectivity index (χ3v) is 5.25. The van der Waals surface area contributed by atoms with Crippen LogP contribution < -0.4 is 25.8 Å². The molecule has 4 N–H and O–H groups in total. The monoisotopic (exact) mass is 489 g/mol. The molecular weight excluding hydrogens is 467 g/mol. The van der Waals surface area contributed by atoms with Gasteiger partial charge in [0.2, 0.25) is 0 Å². The average Bonchev–Trinajstić information content (AvgIpc) is 3.40. The minimum absolute atomic E-state index is 0. The largest absolute Gasteiger partial charge is 0.487 e. The summed E-state index contributed by atoms with van der Waals surface area (Å²) in [5.41, 5.74) is 4.12. The zero-order chi connectivity index (χ0) is 22.0. The quantitative estimate of drug-likeness (QED) is 0.462. The van der Waals surface area contributed by atoms with Gasteiger partial charge in [0, 0.05) is 48.7 Å². The van der Waals surface area contributed by atoms with E-state index >= 15 is 0 Å². The van der Waals surface area contributed by atoms with Crippen LogP contribution in [-0.2, 0) is 0 Å². The number of carbonyl (C=O) groups is 1. The number of nitrogens with zero attached hydrogens (tertiary/aromatic N) is 2. The lowest BCUT2D eigenvalue weighted by Crippen LogP contribution is -2.29. The summed E-state index contributed by atoms with van der Waals surface area (Å²) in [5.74, 6) is 0.237. The van der Waals surface area contributed by atoms with Crippen molar-refractivity contribution in [2.75, 3.05) is 29.9 Å². The maximum absolute atomic E-state index is 12.8. The topological polar surface area (TPSA) is 98.8 Å². The van der Waals surface area contributed by atoms with Crippen LogP contribution in [0, 0.1) is 0 Å². The van der Waals surface area contributed by atoms with Crippen molar-refractivity contribution in [1.29, 1.82) is 0 Å². The van der Waals surface area contributed by atoms with Crippen LogP contribution in [0.15, 0.2) is 36.5 Å². The number of aliphatic hydroxyl groups is 1. The number of benzene rings is 1. The Kier molecular flexibility index (Phi) is 7.73. The van der Waals surface area contributed by atoms with E-state index in [-0.39, 0.29) is 30.1 Å². The first-order chi connectivity index (χ1) is 14.8. The molecule has 1 amide bonds. The Bertz CT molecular complexity index is 940. The number of hydrogen-bond acceptors (Lipinski definition) is 7. The number of amides is 1. The molecule has 4 rings (SSSR count). The molecule has 1 aromatic heterocycles. The van der Waals surface area contributed by atoms with Gasteiger partial charge in [-0.3, -0.25) is 15.6 Å². The summed E-state index contributed by atoms with van der Waals surface area (Å²) in [6, 6.07) is 7.22. The van der Waals surface area contributed by atoms with Crippen LogP contribution in [0.2, 0.25) is 0 Å². The summed E-state index contributed by atoms with van der Waals surface area (Å²) in [4.78, 5) is 19.3. The number of β-amino-alcohol motifs (C(OH)–C–C–N with tert-alkyl or cyclic N) is 1. The second-order valence-corrected chi connectivity index (χ2v) is 7.90. The summed E-state index contributed by atoms with van der Waals surface area (Å²) >= 11 is 4.75. The van der Waals surface area contributed by atoms with E-state index in [1.54, 1.807) is 6.07 Å². The molecule has 2 aliphatic heterocycles. The lowest BCUT2D eigenvalue weighted by atomic mass is 10.0. The number of pyridine rings is 1. The SMILES string of the molecule is Cl.O=C(Nc1ccc(OC(F)(F)Cl)cc1)c1cnc(N2CC[C@@H](O)C2)c(C2CCNN2)c1. The highest BCUT2D eigenvalue weighted by molar-refractivity contribution is 6.20. The van der Waals surface area contributed by atoms with Crippen LogP contribution in [0.5, 0.6) is 5.75 Å². The number of aliphatic hydroxyl groups excluding tert-OH is 1. The summed E-state index contributed by atoms with van der Waals surface area (Å²) < 4.78 is 29.7. The Balaban J connectivity index is 0.00000289. The van der Waals surface area contributed by atoms with Crippen LogP contribution in [0.3, 0.4) is 0 Å². The van der Waals surface area contributed by atoms with Crippen LogP contribution in [0.25, 0.3) is 0 Å². The predicted octanol–water partition coefficient (Wildman–Crippen LogP) is 3.03. The average molecular weight is 490 g/mol. The van der Waals surface area contributed by atoms with Crippen molar-refractivity contribution in [3.63, 3.8) is 0 Å². The molecule has 0 saturated carbocycles. The van der Waals surface area contributed by atoms with E-state index in [9.17, 15) is 18.7 Å². The third kappa shape index (κ3) is 5.96. The van der Waals surface area contributed by atoms with E-state index in [4.69, 9.17) is 11.6 Å². The Morgan fingerprint density at radius 2 is 2.06 bits per heavy atom. The van der Waals surface area contributed by atoms with Gasteiger partial charge >= 0.3 is 5.57 Å². The Morgan fingerprint density at radius 3 is 2.66 bits per heavy atom. The van der Waals surface area contributed by atoms with Crippen LogP contribution in [0.1, 0.15) is 34.8 Å². The fraction of sp³-hybridized carbons (Fsp3) is 0.400. The minimum atomic E-state index is -3.80. The molecule has 8 nitrogen and oxygen atoms in total. The van der Waals surface area contributed by atoms with Crippen LogP contribution >= 0.6 is 24.0 Å². The fourth-order valence-corrected chi connectivity index (χ4v) is 3.80. The second-order valence-electron chi connectivity index (χ2n) is 7.46. The lowest BCUT2D eigenvalue weighted by molar-refractivity contribution is -0.0964. The number of alkyl halides is 3. The molecule has 174 valence electrons. The van der Waals surface area contributed by atoms with E-state index in [1.165, 1.54) is 30.5 Å². The molecule has 1 aromatic carbocycles. The van der Waals surface area contributed by atoms with Crippen molar-refractivity contribution in [1.82, 2.24) is 15.8 Å². The molecule has 0 bridgehead atoms. The molecule has 2 aliphatic rings. The van der Waals surface area contributed by atoms with Crippen molar-refractivity contribution in [2.24, 2.45) is 0 Å². The fourth-order valence-electron chi connectivity index (χ4n) is 3.71. The van der Waals surface area contributed by atoms with Crippen molar-refractivity contribution < 1.29 is 23.4 Å². The maximum atomic E-state index is 12.8. The van der Waals surface area contributed by atoms with Crippen molar-refractivity contribution in [3.8, 4) is 5.75 Å². The first-order valence-electron chi connectivity index (χ1n) is 9.87. The highest BCUT2D eigenvalue weighted by Gasteiger charge is 2.29. The van der Waals surface area contributed by atoms with Gasteiger partial charge in [-0.25, -0.2) is 4.98 Å². The summed E-state index contributed by atoms with van der Waals surface area (Å²) in [7, 11) is 0. The number of ether oxygens (including phenoxy) is 1. The molecule has 2 atom stereocenters. The molecule has 32 heavy (non-hydrogen) atoms. The van der Waals surface area contributed by atoms with E-state index in [0.29, 0.717) is 30.8 Å². The normalized spacial score (nSPS) is 20.7. The number of hydrogen-bond donors (Lipinski definition) is 4. The van der Waals surface area contributed by atoms with Gasteiger partial charge in [-0.2, -0.15) is 0 Å². The van der Waals surface area contributed by atoms with E-state index in [1.807, 2.05) is 4.90 Å². The molecule has 0 radical (unpaired) electrons. The van der Waals surface area contributed by atoms with Crippen molar-refractivity contribution >= 4 is 41.4 Å². The standard InChI is InChI=1S/C20H22ClF2N5O3.ClH/c21-20(22,23)31-15-3-1-13(2-4-15)26-19(30)12-9-16(17-5-7-25-27-17)18(24-10-12)28-8-6-14(29)11-28;/h1-4,9-10,14,17,25,27,29H,5-8,11H2,(H,26,30);1H/t14-,17?;/m1./s1. The molecule has 2 aromatic rings. The predicted molar refractivity (Wildman–Crippen MR) is 119 cm³/mol. The summed E-state index contributed by atoms with van der Waals surface area (Å²) in [6.07, 6.45) is 2.61. The number of rotatable bonds is 6. The molecule has 3 heterocycles. The molecular formula is C20H23Cl2F2N5O3. The maximum Gasteiger partial charge on any atom is 0.487 e. The molecule has 2 fully saturated rings. The van der Waals surface area contributed by atoms with Gasteiger partial charge in [0.1, 0.15) is 11.6 Å². The Morgan fingerprint density at radius 1 is 1.31 bits per heavy atom. The van der Waals surface area contributed by atoms with Gasteiger partial charge < -0.3 is 20.1 Å². The van der Waals surface area contributed by atoms with Crippen LogP contribution in [-0.4, -0.2) is 47.3 Å². The molecule has 1 unspecified atom stereocenters. The number of anilines is 2. The van der Waals surface area contributed by atoms with Gasteiger partial charge in [0.25, 0.3) is 5.91 Å². The minimum Gasteiger partial charge on any atom is -0.420 e. The smallest absolute Gasteiger partial charge is 0.420 e. The summed E-state index contributed by atoms with van der Waals surface area (Å²) in [6.45, 7) is 1.99. The first-order valence-corrected chi connectivity index (χ1v) is 10.2. The highest BCUT2D eigenvalue weighted by atomic mass is 35.5. The number of halogens is 4. The molecule has 0 aliphatic carbocycles. The Labute approximate surface area is 194 Å². The highest BCUT2D eigenvalue weighted by Crippen LogP contribution is 2.31. The van der Waals surface area contributed by atoms with Crippen LogP contribution in [0.4, 0.5) is 20.3 Å². The van der Waals surface area contributed by atoms with Crippen molar-refractivity contribution in [3.05, 3.63) is 47.7 Å². The molecule has 2 saturated heterocycles. The van der Waals surface area contributed by atoms with Gasteiger partial charge in [0.05, 0.1) is 17.7 Å². The van der Waals surface area contributed by atoms with Gasteiger partial charge in [-0.1, -0.05) is 0 Å². The first kappa shape index (κ1) is 24.4. The number of carbonyl (C=O) groups excluding carboxylic acids is 1. The lowest BCUT2D eigenvalue weighted by Gasteiger charge is -2.23.